The van der Waals surface area contributed by atoms with Crippen LogP contribution in [0.5, 0.6) is 0 Å². The highest BCUT2D eigenvalue weighted by atomic mass is 32.2. The van der Waals surface area contributed by atoms with Gasteiger partial charge in [-0.3, -0.25) is 0 Å². The van der Waals surface area contributed by atoms with E-state index < -0.39 is 5.97 Å². The van der Waals surface area contributed by atoms with E-state index in [1.54, 1.807) is 17.7 Å². The Morgan fingerprint density at radius 3 is 2.56 bits per heavy atom. The second-order valence-corrected chi connectivity index (χ2v) is 4.33. The maximum atomic E-state index is 11.2. The fourth-order valence-corrected chi connectivity index (χ4v) is 2.01. The first kappa shape index (κ1) is 11.0. The minimum absolute atomic E-state index is 0.0962. The molecule has 0 amide bonds. The van der Waals surface area contributed by atoms with Crippen LogP contribution in [0.25, 0.3) is 0 Å². The summed E-state index contributed by atoms with van der Waals surface area (Å²) >= 11 is 1.65. The van der Waals surface area contributed by atoms with Crippen LogP contribution in [0.1, 0.15) is 18.1 Å². The molecule has 1 saturated heterocycles. The molecule has 2 rings (SSSR count). The van der Waals surface area contributed by atoms with Gasteiger partial charge in [-0.2, -0.15) is 0 Å². The number of esters is 1. The van der Waals surface area contributed by atoms with Crippen molar-refractivity contribution < 1.29 is 14.3 Å². The third-order valence-corrected chi connectivity index (χ3v) is 3.24. The molecule has 0 N–H and O–H groups in total. The summed E-state index contributed by atoms with van der Waals surface area (Å²) in [4.78, 5) is 22.8. The van der Waals surface area contributed by atoms with Crippen molar-refractivity contribution in [3.05, 3.63) is 35.4 Å². The van der Waals surface area contributed by atoms with Gasteiger partial charge in [0.15, 0.2) is 0 Å². The molecular formula is C12H10O3S. The van der Waals surface area contributed by atoms with Gasteiger partial charge in [0, 0.05) is 11.3 Å². The summed E-state index contributed by atoms with van der Waals surface area (Å²) in [5, 5.41) is 0. The minimum atomic E-state index is -0.547. The van der Waals surface area contributed by atoms with E-state index in [1.807, 2.05) is 30.5 Å². The first-order valence-corrected chi connectivity index (χ1v) is 6.06. The third kappa shape index (κ3) is 2.03. The molecule has 0 radical (unpaired) electrons. The molecule has 1 aromatic carbocycles. The van der Waals surface area contributed by atoms with Gasteiger partial charge < -0.3 is 4.74 Å². The minimum Gasteiger partial charge on any atom is -0.453 e. The summed E-state index contributed by atoms with van der Waals surface area (Å²) in [5.41, 5.74) is 1.01. The molecule has 1 aliphatic rings. The molecule has 1 aromatic rings. The molecule has 0 spiro atoms. The van der Waals surface area contributed by atoms with Crippen molar-refractivity contribution in [1.29, 1.82) is 0 Å². The summed E-state index contributed by atoms with van der Waals surface area (Å²) in [5.74, 6) is 1.08. The highest BCUT2D eigenvalue weighted by Crippen LogP contribution is 2.32. The Morgan fingerprint density at radius 2 is 2.06 bits per heavy atom. The number of carbonyl (C=O) groups is 1. The van der Waals surface area contributed by atoms with Gasteiger partial charge in [0.2, 0.25) is 0 Å². The van der Waals surface area contributed by atoms with Crippen LogP contribution in [0, 0.1) is 0 Å². The Balaban J connectivity index is 2.20. The molecule has 1 fully saturated rings. The first-order chi connectivity index (χ1) is 7.74. The van der Waals surface area contributed by atoms with Gasteiger partial charge in [0.25, 0.3) is 0 Å². The van der Waals surface area contributed by atoms with Crippen molar-refractivity contribution in [2.45, 2.75) is 17.4 Å². The van der Waals surface area contributed by atoms with E-state index in [4.69, 9.17) is 4.74 Å². The van der Waals surface area contributed by atoms with Gasteiger partial charge in [-0.25, -0.2) is 9.59 Å². The summed E-state index contributed by atoms with van der Waals surface area (Å²) in [6.07, 6.45) is 1.98. The van der Waals surface area contributed by atoms with Crippen LogP contribution in [0.4, 0.5) is 0 Å². The lowest BCUT2D eigenvalue weighted by atomic mass is 10.1. The van der Waals surface area contributed by atoms with Gasteiger partial charge in [0.05, 0.1) is 0 Å². The first-order valence-electron chi connectivity index (χ1n) is 4.83. The SMILES string of the molecule is CSc1ccc(C2CC(=C=O)C(=O)O2)cc1. The summed E-state index contributed by atoms with van der Waals surface area (Å²) in [6.45, 7) is 0. The Labute approximate surface area is 97.5 Å². The van der Waals surface area contributed by atoms with Crippen LogP contribution >= 0.6 is 11.8 Å². The smallest absolute Gasteiger partial charge is 0.346 e. The zero-order valence-electron chi connectivity index (χ0n) is 8.73. The lowest BCUT2D eigenvalue weighted by Gasteiger charge is -2.08. The van der Waals surface area contributed by atoms with Crippen molar-refractivity contribution in [3.63, 3.8) is 0 Å². The second kappa shape index (κ2) is 4.56. The average molecular weight is 234 g/mol. The summed E-state index contributed by atoms with van der Waals surface area (Å²) < 4.78 is 5.08. The quantitative estimate of drug-likeness (QED) is 0.340. The van der Waals surface area contributed by atoms with Crippen molar-refractivity contribution in [1.82, 2.24) is 0 Å². The van der Waals surface area contributed by atoms with Crippen LogP contribution in [0.2, 0.25) is 0 Å². The van der Waals surface area contributed by atoms with Crippen molar-refractivity contribution in [2.75, 3.05) is 6.26 Å². The molecule has 1 aliphatic heterocycles. The highest BCUT2D eigenvalue weighted by Gasteiger charge is 2.30. The monoisotopic (exact) mass is 234 g/mol. The lowest BCUT2D eigenvalue weighted by molar-refractivity contribution is -0.138. The van der Waals surface area contributed by atoms with Gasteiger partial charge in [-0.1, -0.05) is 12.1 Å². The molecular weight excluding hydrogens is 224 g/mol. The van der Waals surface area contributed by atoms with E-state index in [9.17, 15) is 9.59 Å². The van der Waals surface area contributed by atoms with Crippen LogP contribution in [0.3, 0.4) is 0 Å². The third-order valence-electron chi connectivity index (χ3n) is 2.50. The van der Waals surface area contributed by atoms with E-state index in [1.165, 1.54) is 0 Å². The van der Waals surface area contributed by atoms with E-state index in [0.717, 1.165) is 10.5 Å². The number of hydrogen-bond acceptors (Lipinski definition) is 4. The number of carbonyl (C=O) groups excluding carboxylic acids is 2. The van der Waals surface area contributed by atoms with Crippen molar-refractivity contribution in [2.24, 2.45) is 0 Å². The largest absolute Gasteiger partial charge is 0.453 e. The zero-order chi connectivity index (χ0) is 11.5. The van der Waals surface area contributed by atoms with Crippen LogP contribution < -0.4 is 0 Å². The van der Waals surface area contributed by atoms with Crippen molar-refractivity contribution in [3.8, 4) is 0 Å². The lowest BCUT2D eigenvalue weighted by Crippen LogP contribution is -1.98. The number of rotatable bonds is 2. The van der Waals surface area contributed by atoms with Gasteiger partial charge in [-0.15, -0.1) is 11.8 Å². The molecule has 0 aliphatic carbocycles. The molecule has 3 nitrogen and oxygen atoms in total. The van der Waals surface area contributed by atoms with Gasteiger partial charge in [0.1, 0.15) is 17.6 Å². The Morgan fingerprint density at radius 1 is 1.38 bits per heavy atom. The van der Waals surface area contributed by atoms with Gasteiger partial charge in [-0.05, 0) is 24.0 Å². The zero-order valence-corrected chi connectivity index (χ0v) is 9.54. The van der Waals surface area contributed by atoms with Crippen LogP contribution in [0.15, 0.2) is 34.7 Å². The molecule has 1 unspecified atom stereocenters. The molecule has 1 heterocycles. The molecule has 16 heavy (non-hydrogen) atoms. The van der Waals surface area contributed by atoms with Crippen LogP contribution in [-0.2, 0) is 14.3 Å². The molecule has 4 heteroatoms. The Bertz CT molecular complexity index is 458. The maximum absolute atomic E-state index is 11.2. The number of benzene rings is 1. The molecule has 0 saturated carbocycles. The number of cyclic esters (lactones) is 1. The van der Waals surface area contributed by atoms with E-state index in [-0.39, 0.29) is 11.7 Å². The highest BCUT2D eigenvalue weighted by molar-refractivity contribution is 7.98. The summed E-state index contributed by atoms with van der Waals surface area (Å²) in [6, 6.07) is 7.77. The second-order valence-electron chi connectivity index (χ2n) is 3.45. The van der Waals surface area contributed by atoms with E-state index in [2.05, 4.69) is 0 Å². The number of hydrogen-bond donors (Lipinski definition) is 0. The average Bonchev–Trinajstić information content (AvgIpc) is 2.71. The molecule has 82 valence electrons. The topological polar surface area (TPSA) is 43.4 Å². The molecule has 1 atom stereocenters. The maximum Gasteiger partial charge on any atom is 0.346 e. The number of thioether (sulfide) groups is 1. The van der Waals surface area contributed by atoms with E-state index in [0.29, 0.717) is 6.42 Å². The van der Waals surface area contributed by atoms with Crippen LogP contribution in [-0.4, -0.2) is 18.2 Å². The molecule has 0 bridgehead atoms. The van der Waals surface area contributed by atoms with Gasteiger partial charge >= 0.3 is 5.97 Å². The fourth-order valence-electron chi connectivity index (χ4n) is 1.60. The Hall–Kier alpha value is -1.51. The normalized spacial score (nSPS) is 19.4. The standard InChI is InChI=1S/C12H10O3S/c1-16-10-4-2-8(3-5-10)11-6-9(7-13)12(14)15-11/h2-5,11H,6H2,1H3. The Kier molecular flexibility index (Phi) is 3.13. The predicted molar refractivity (Wildman–Crippen MR) is 60.9 cm³/mol. The fraction of sp³-hybridized carbons (Fsp3) is 0.250. The number of ether oxygens (including phenoxy) is 1. The van der Waals surface area contributed by atoms with Crippen molar-refractivity contribution >= 4 is 23.7 Å². The summed E-state index contributed by atoms with van der Waals surface area (Å²) in [7, 11) is 0. The predicted octanol–water partition coefficient (Wildman–Crippen LogP) is 2.15. The van der Waals surface area contributed by atoms with E-state index >= 15 is 0 Å². The molecule has 0 aromatic heterocycles.